The molecule has 5 rings (SSSR count). The predicted octanol–water partition coefficient (Wildman–Crippen LogP) is 6.07. The Balaban J connectivity index is 0.932. The van der Waals surface area contributed by atoms with Gasteiger partial charge in [-0.15, -0.1) is 11.6 Å². The van der Waals surface area contributed by atoms with Crippen LogP contribution in [0.2, 0.25) is 0 Å². The van der Waals surface area contributed by atoms with Crippen molar-refractivity contribution in [2.75, 3.05) is 0 Å². The third-order valence-corrected chi connectivity index (χ3v) is 10.7. The first-order chi connectivity index (χ1) is 17.0. The van der Waals surface area contributed by atoms with Crippen molar-refractivity contribution in [3.63, 3.8) is 0 Å². The van der Waals surface area contributed by atoms with E-state index >= 15 is 0 Å². The highest BCUT2D eigenvalue weighted by Gasteiger charge is 2.60. The van der Waals surface area contributed by atoms with E-state index in [0.29, 0.717) is 30.8 Å². The van der Waals surface area contributed by atoms with Crippen molar-refractivity contribution in [3.8, 4) is 0 Å². The number of hydrogen-bond donors (Lipinski definition) is 1. The van der Waals surface area contributed by atoms with Crippen LogP contribution in [0.4, 0.5) is 0 Å². The molecule has 0 aromatic carbocycles. The zero-order valence-corrected chi connectivity index (χ0v) is 25.2. The third kappa shape index (κ3) is 6.52. The van der Waals surface area contributed by atoms with E-state index in [4.69, 9.17) is 35.3 Å². The molecule has 1 N–H and O–H groups in total. The van der Waals surface area contributed by atoms with Gasteiger partial charge in [0.05, 0.1) is 69.5 Å². The Kier molecular flexibility index (Phi) is 7.17. The molecule has 5 aliphatic rings. The van der Waals surface area contributed by atoms with Crippen molar-refractivity contribution >= 4 is 11.6 Å². The number of ether oxygens (including phenoxy) is 5. The molecule has 5 saturated heterocycles. The molecule has 6 nitrogen and oxygen atoms in total. The first-order valence-electron chi connectivity index (χ1n) is 14.7. The van der Waals surface area contributed by atoms with Gasteiger partial charge in [0.25, 0.3) is 0 Å². The first-order valence-corrected chi connectivity index (χ1v) is 15.1. The molecule has 0 aromatic heterocycles. The largest absolute Gasteiger partial charge is 0.391 e. The molecule has 5 fully saturated rings. The highest BCUT2D eigenvalue weighted by atomic mass is 35.5. The Bertz CT molecular complexity index is 859. The predicted molar refractivity (Wildman–Crippen MR) is 144 cm³/mol. The van der Waals surface area contributed by atoms with Gasteiger partial charge in [0.1, 0.15) is 0 Å². The molecule has 5 aliphatic heterocycles. The number of aliphatic hydroxyl groups excluding tert-OH is 1. The van der Waals surface area contributed by atoms with Gasteiger partial charge in [0.2, 0.25) is 0 Å². The van der Waals surface area contributed by atoms with Crippen molar-refractivity contribution in [3.05, 3.63) is 0 Å². The summed E-state index contributed by atoms with van der Waals surface area (Å²) in [5, 5.41) is 10.2. The van der Waals surface area contributed by atoms with Crippen LogP contribution in [0.15, 0.2) is 0 Å². The molecule has 7 heteroatoms. The quantitative estimate of drug-likeness (QED) is 0.188. The molecule has 0 spiro atoms. The van der Waals surface area contributed by atoms with E-state index in [1.165, 1.54) is 0 Å². The molecule has 0 radical (unpaired) electrons. The number of halogens is 1. The smallest absolute Gasteiger partial charge is 0.0921 e. The second-order valence-corrected chi connectivity index (χ2v) is 15.7. The van der Waals surface area contributed by atoms with Crippen LogP contribution in [0, 0.1) is 0 Å². The van der Waals surface area contributed by atoms with Crippen LogP contribution < -0.4 is 0 Å². The maximum Gasteiger partial charge on any atom is 0.0921 e. The molecule has 0 aliphatic carbocycles. The Hall–Kier alpha value is 0.0500. The highest BCUT2D eigenvalue weighted by Crippen LogP contribution is 2.53. The Morgan fingerprint density at radius 3 is 1.27 bits per heavy atom. The SMILES string of the molecule is CC(C)(Cl)C(O)CC[C@]1(C)O[C@@H]1CC[C@]1(C)O[C@@H]1CC[C@H]1O[C@@]1(C)CC[C@H]1O[C@@]1(C)CC[C@H]1OC1(C)C. The molecule has 5 heterocycles. The maximum atomic E-state index is 10.2. The normalized spacial score (nSPS) is 48.0. The lowest BCUT2D eigenvalue weighted by Crippen LogP contribution is -2.31. The van der Waals surface area contributed by atoms with Gasteiger partial charge in [-0.3, -0.25) is 0 Å². The van der Waals surface area contributed by atoms with E-state index in [1.54, 1.807) is 0 Å². The molecule has 214 valence electrons. The number of aliphatic hydroxyl groups is 1. The van der Waals surface area contributed by atoms with Crippen LogP contribution in [0.3, 0.4) is 0 Å². The van der Waals surface area contributed by atoms with Gasteiger partial charge in [-0.05, 0) is 120 Å². The van der Waals surface area contributed by atoms with Crippen molar-refractivity contribution < 1.29 is 28.8 Å². The van der Waals surface area contributed by atoms with Crippen molar-refractivity contribution in [1.82, 2.24) is 0 Å². The lowest BCUT2D eigenvalue weighted by molar-refractivity contribution is 0.117. The summed E-state index contributed by atoms with van der Waals surface area (Å²) < 4.78 is 30.1. The Morgan fingerprint density at radius 1 is 0.595 bits per heavy atom. The number of hydrogen-bond acceptors (Lipinski definition) is 6. The average Bonchev–Trinajstić information content (AvgIpc) is 3.64. The minimum absolute atomic E-state index is 0.00553. The van der Waals surface area contributed by atoms with Gasteiger partial charge < -0.3 is 28.8 Å². The van der Waals surface area contributed by atoms with E-state index in [9.17, 15) is 5.11 Å². The fourth-order valence-corrected chi connectivity index (χ4v) is 6.67. The fraction of sp³-hybridized carbons (Fsp3) is 1.00. The van der Waals surface area contributed by atoms with Crippen LogP contribution in [-0.4, -0.2) is 74.6 Å². The second kappa shape index (κ2) is 9.29. The first kappa shape index (κ1) is 28.6. The molecular formula is C30H51ClO6. The van der Waals surface area contributed by atoms with Crippen LogP contribution in [0.25, 0.3) is 0 Å². The van der Waals surface area contributed by atoms with E-state index in [0.717, 1.165) is 57.8 Å². The standard InChI is InChI=1S/C30H51ClO6/c1-25(2,31)19(32)11-15-27(5)23(36-27)13-17-28(6)21(34-28)9-10-22-29(7,35-22)18-14-24-30(8,37-24)16-12-20-26(3,4)33-20/h19-24,32H,9-18H2,1-8H3/t19?,20-,21-,22-,23-,24-,27+,28+,29+,30+/m1/s1. The summed E-state index contributed by atoms with van der Waals surface area (Å²) in [6, 6.07) is 0. The number of rotatable bonds is 16. The Labute approximate surface area is 229 Å². The minimum atomic E-state index is -0.597. The molecule has 0 aromatic rings. The summed E-state index contributed by atoms with van der Waals surface area (Å²) in [6.07, 6.45) is 11.2. The fourth-order valence-electron chi connectivity index (χ4n) is 6.56. The zero-order chi connectivity index (χ0) is 27.1. The van der Waals surface area contributed by atoms with Crippen molar-refractivity contribution in [2.24, 2.45) is 0 Å². The second-order valence-electron chi connectivity index (χ2n) is 14.7. The van der Waals surface area contributed by atoms with E-state index in [2.05, 4.69) is 41.5 Å². The van der Waals surface area contributed by atoms with Crippen LogP contribution in [-0.2, 0) is 23.7 Å². The lowest BCUT2D eigenvalue weighted by Gasteiger charge is -2.24. The van der Waals surface area contributed by atoms with E-state index < -0.39 is 11.0 Å². The van der Waals surface area contributed by atoms with Crippen LogP contribution >= 0.6 is 11.6 Å². The van der Waals surface area contributed by atoms with E-state index in [1.807, 2.05) is 13.8 Å². The summed E-state index contributed by atoms with van der Waals surface area (Å²) in [4.78, 5) is -0.597. The summed E-state index contributed by atoms with van der Waals surface area (Å²) in [7, 11) is 0. The Morgan fingerprint density at radius 2 is 0.919 bits per heavy atom. The lowest BCUT2D eigenvalue weighted by atomic mass is 9.89. The van der Waals surface area contributed by atoms with E-state index in [-0.39, 0.29) is 34.1 Å². The average molecular weight is 543 g/mol. The highest BCUT2D eigenvalue weighted by molar-refractivity contribution is 6.23. The molecule has 0 amide bonds. The maximum absolute atomic E-state index is 10.2. The van der Waals surface area contributed by atoms with Gasteiger partial charge in [0.15, 0.2) is 0 Å². The number of alkyl halides is 1. The summed E-state index contributed by atoms with van der Waals surface area (Å²) in [6.45, 7) is 17.0. The molecule has 37 heavy (non-hydrogen) atoms. The van der Waals surface area contributed by atoms with Gasteiger partial charge >= 0.3 is 0 Å². The van der Waals surface area contributed by atoms with Crippen LogP contribution in [0.5, 0.6) is 0 Å². The molecule has 0 saturated carbocycles. The topological polar surface area (TPSA) is 82.9 Å². The number of epoxide rings is 5. The molecule has 0 bridgehead atoms. The monoisotopic (exact) mass is 542 g/mol. The summed E-state index contributed by atoms with van der Waals surface area (Å²) in [5.41, 5.74) is -0.0421. The third-order valence-electron chi connectivity index (χ3n) is 10.4. The van der Waals surface area contributed by atoms with Gasteiger partial charge in [-0.2, -0.15) is 0 Å². The summed E-state index contributed by atoms with van der Waals surface area (Å²) in [5.74, 6) is 0. The van der Waals surface area contributed by atoms with Gasteiger partial charge in [-0.25, -0.2) is 0 Å². The molecular weight excluding hydrogens is 492 g/mol. The van der Waals surface area contributed by atoms with Crippen molar-refractivity contribution in [2.45, 2.75) is 189 Å². The molecule has 1 unspecified atom stereocenters. The van der Waals surface area contributed by atoms with Crippen molar-refractivity contribution in [1.29, 1.82) is 0 Å². The van der Waals surface area contributed by atoms with Gasteiger partial charge in [0, 0.05) is 0 Å². The minimum Gasteiger partial charge on any atom is -0.391 e. The molecule has 10 atom stereocenters. The van der Waals surface area contributed by atoms with Gasteiger partial charge in [-0.1, -0.05) is 0 Å². The zero-order valence-electron chi connectivity index (χ0n) is 24.4. The summed E-state index contributed by atoms with van der Waals surface area (Å²) >= 11 is 6.24. The van der Waals surface area contributed by atoms with Crippen LogP contribution in [0.1, 0.15) is 120 Å².